The molecule has 2 heterocycles. The lowest BCUT2D eigenvalue weighted by atomic mass is 9.58. The predicted molar refractivity (Wildman–Crippen MR) is 175 cm³/mol. The number of hydrogen-bond donors (Lipinski definition) is 2. The van der Waals surface area contributed by atoms with Crippen molar-refractivity contribution in [3.8, 4) is 5.75 Å². The van der Waals surface area contributed by atoms with Gasteiger partial charge in [-0.15, -0.1) is 0 Å². The second kappa shape index (κ2) is 12.0. The molecule has 1 spiro atoms. The van der Waals surface area contributed by atoms with Crippen molar-refractivity contribution in [1.82, 2.24) is 4.72 Å². The molecule has 1 saturated carbocycles. The number of hydrogen-bond acceptors (Lipinski definition) is 6. The first kappa shape index (κ1) is 31.4. The van der Waals surface area contributed by atoms with Gasteiger partial charge in [0.15, 0.2) is 0 Å². The number of fused-ring (bicyclic) bond motifs is 4. The van der Waals surface area contributed by atoms with Gasteiger partial charge in [-0.25, -0.2) is 13.1 Å². The molecule has 9 heteroatoms. The molecule has 2 aliphatic heterocycles. The molecule has 7 nitrogen and oxygen atoms in total. The Morgan fingerprint density at radius 2 is 1.98 bits per heavy atom. The molecule has 4 aliphatic rings. The first-order valence-corrected chi connectivity index (χ1v) is 18.1. The number of nitrogens with zero attached hydrogens (tertiary/aromatic N) is 1. The monoisotopic (exact) mass is 640 g/mol. The molecule has 2 N–H and O–H groups in total. The average Bonchev–Trinajstić information content (AvgIpc) is 3.14. The van der Waals surface area contributed by atoms with E-state index in [1.54, 1.807) is 19.1 Å². The molecule has 0 unspecified atom stereocenters. The Kier molecular flexibility index (Phi) is 8.57. The number of aliphatic hydroxyl groups is 1. The Bertz CT molecular complexity index is 1550. The molecule has 1 fully saturated rings. The highest BCUT2D eigenvalue weighted by molar-refractivity contribution is 7.90. The zero-order valence-electron chi connectivity index (χ0n) is 26.0. The van der Waals surface area contributed by atoms with Crippen molar-refractivity contribution in [3.05, 3.63) is 70.3 Å². The second-order valence-electron chi connectivity index (χ2n) is 13.8. The Labute approximate surface area is 267 Å². The fourth-order valence-corrected chi connectivity index (χ4v) is 9.64. The molecule has 2 aromatic carbocycles. The second-order valence-corrected chi connectivity index (χ2v) is 16.2. The van der Waals surface area contributed by atoms with E-state index in [0.717, 1.165) is 55.8 Å². The summed E-state index contributed by atoms with van der Waals surface area (Å²) >= 11 is 6.42. The van der Waals surface area contributed by atoms with E-state index in [0.29, 0.717) is 42.7 Å². The summed E-state index contributed by atoms with van der Waals surface area (Å²) in [5.41, 5.74) is 3.02. The number of aryl methyl sites for hydroxylation is 1. The predicted octanol–water partition coefficient (Wildman–Crippen LogP) is 6.27. The number of halogens is 1. The van der Waals surface area contributed by atoms with Crippen LogP contribution in [0.25, 0.3) is 0 Å². The Balaban J connectivity index is 1.46. The van der Waals surface area contributed by atoms with Gasteiger partial charge in [-0.1, -0.05) is 43.7 Å². The highest BCUT2D eigenvalue weighted by Crippen LogP contribution is 2.51. The van der Waals surface area contributed by atoms with E-state index in [-0.39, 0.29) is 23.4 Å². The number of carbonyl (C=O) groups is 1. The van der Waals surface area contributed by atoms with Crippen molar-refractivity contribution < 1.29 is 23.1 Å². The van der Waals surface area contributed by atoms with Crippen LogP contribution in [0.3, 0.4) is 0 Å². The van der Waals surface area contributed by atoms with Crippen LogP contribution in [0.5, 0.6) is 5.75 Å². The zero-order chi connectivity index (χ0) is 31.3. The van der Waals surface area contributed by atoms with Gasteiger partial charge in [0, 0.05) is 34.5 Å². The summed E-state index contributed by atoms with van der Waals surface area (Å²) < 4.78 is 35.6. The maximum absolute atomic E-state index is 13.4. The molecule has 238 valence electrons. The number of nitrogens with one attached hydrogen (secondary N) is 1. The minimum Gasteiger partial charge on any atom is -0.490 e. The summed E-state index contributed by atoms with van der Waals surface area (Å²) in [7, 11) is -3.92. The summed E-state index contributed by atoms with van der Waals surface area (Å²) in [5, 5.41) is 10.8. The fraction of sp³-hybridized carbons (Fsp3) is 0.571. The van der Waals surface area contributed by atoms with Gasteiger partial charge in [0.05, 0.1) is 24.2 Å². The molecular weight excluding hydrogens is 596 g/mol. The number of carbonyl (C=O) groups excluding carboxylic acids is 1. The van der Waals surface area contributed by atoms with Crippen LogP contribution in [0, 0.1) is 23.2 Å². The first-order valence-electron chi connectivity index (χ1n) is 16.2. The molecular formula is C35H45ClN2O5S. The summed E-state index contributed by atoms with van der Waals surface area (Å²) in [4.78, 5) is 15.8. The molecule has 44 heavy (non-hydrogen) atoms. The number of aliphatic hydroxyl groups excluding tert-OH is 1. The number of rotatable bonds is 2. The van der Waals surface area contributed by atoms with E-state index in [1.807, 2.05) is 19.1 Å². The number of allylic oxidation sites excluding steroid dienone is 1. The standard InChI is InChI=1S/C35H45ClN2O5S/c1-4-34(21-39)15-5-7-23(2)24(3)44(41,42)37-33(40)26-10-14-32-31(18-26)38(19-27-9-12-30(27)34)20-35(22-43-32)16-6-8-25-17-28(36)11-13-29(25)35/h5,10-11,13-15,17-18,23-24,27,30,39H,4,6-9,12,16,19-22H2,1-3H3,(H,37,40)/b15-5+/t23-,24+,27-,30+,34+,35-/m0/s1. The van der Waals surface area contributed by atoms with E-state index >= 15 is 0 Å². The quantitative estimate of drug-likeness (QED) is 0.376. The lowest BCUT2D eigenvalue weighted by Gasteiger charge is -2.50. The third-order valence-electron chi connectivity index (χ3n) is 11.3. The van der Waals surface area contributed by atoms with Gasteiger partial charge in [-0.2, -0.15) is 0 Å². The first-order chi connectivity index (χ1) is 21.0. The van der Waals surface area contributed by atoms with Gasteiger partial charge in [0.1, 0.15) is 5.75 Å². The summed E-state index contributed by atoms with van der Waals surface area (Å²) in [6.45, 7) is 7.72. The minimum absolute atomic E-state index is 0.0569. The molecule has 0 aromatic heterocycles. The number of amides is 1. The summed E-state index contributed by atoms with van der Waals surface area (Å²) in [6.07, 6.45) is 10.7. The van der Waals surface area contributed by atoms with Crippen molar-refractivity contribution >= 4 is 33.2 Å². The molecule has 6 atom stereocenters. The zero-order valence-corrected chi connectivity index (χ0v) is 27.6. The molecule has 0 saturated heterocycles. The molecule has 1 amide bonds. The van der Waals surface area contributed by atoms with Crippen LogP contribution < -0.4 is 14.4 Å². The number of anilines is 1. The lowest BCUT2D eigenvalue weighted by Crippen LogP contribution is -2.51. The van der Waals surface area contributed by atoms with Crippen LogP contribution in [0.2, 0.25) is 5.02 Å². The topological polar surface area (TPSA) is 95.9 Å². The SMILES string of the molecule is CC[C@]1(CO)/C=C/C[C@H](C)[C@@H](C)S(=O)(=O)NC(=O)c2ccc3c(c2)N(C[C@@H]2CC[C@H]21)C[C@@]1(CCCc2cc(Cl)ccc21)CO3. The van der Waals surface area contributed by atoms with Gasteiger partial charge < -0.3 is 14.7 Å². The normalized spacial score (nSPS) is 34.0. The maximum atomic E-state index is 13.4. The van der Waals surface area contributed by atoms with Gasteiger partial charge >= 0.3 is 0 Å². The third-order valence-corrected chi connectivity index (χ3v) is 13.5. The van der Waals surface area contributed by atoms with E-state index in [1.165, 1.54) is 11.1 Å². The number of ether oxygens (including phenoxy) is 1. The van der Waals surface area contributed by atoms with Gasteiger partial charge in [0.2, 0.25) is 10.0 Å². The van der Waals surface area contributed by atoms with Gasteiger partial charge in [0.25, 0.3) is 5.91 Å². The smallest absolute Gasteiger partial charge is 0.264 e. The Morgan fingerprint density at radius 3 is 2.70 bits per heavy atom. The highest BCUT2D eigenvalue weighted by Gasteiger charge is 2.48. The van der Waals surface area contributed by atoms with Crippen molar-refractivity contribution in [1.29, 1.82) is 0 Å². The molecule has 6 rings (SSSR count). The van der Waals surface area contributed by atoms with Crippen molar-refractivity contribution in [2.24, 2.45) is 23.2 Å². The third kappa shape index (κ3) is 5.56. The summed E-state index contributed by atoms with van der Waals surface area (Å²) in [6, 6.07) is 11.5. The van der Waals surface area contributed by atoms with Crippen molar-refractivity contribution in [2.75, 3.05) is 31.2 Å². The molecule has 2 bridgehead atoms. The van der Waals surface area contributed by atoms with E-state index in [9.17, 15) is 18.3 Å². The lowest BCUT2D eigenvalue weighted by molar-refractivity contribution is 0.00785. The fourth-order valence-electron chi connectivity index (χ4n) is 8.16. The van der Waals surface area contributed by atoms with Crippen LogP contribution in [-0.2, 0) is 21.9 Å². The van der Waals surface area contributed by atoms with Gasteiger partial charge in [-0.05, 0) is 111 Å². The average molecular weight is 641 g/mol. The van der Waals surface area contributed by atoms with Crippen LogP contribution in [0.4, 0.5) is 5.69 Å². The number of benzene rings is 2. The number of sulfonamides is 1. The highest BCUT2D eigenvalue weighted by atomic mass is 35.5. The van der Waals surface area contributed by atoms with E-state index in [2.05, 4.69) is 40.8 Å². The van der Waals surface area contributed by atoms with Crippen LogP contribution in [0.1, 0.15) is 80.8 Å². The molecule has 0 radical (unpaired) electrons. The van der Waals surface area contributed by atoms with Crippen molar-refractivity contribution in [2.45, 2.75) is 76.4 Å². The van der Waals surface area contributed by atoms with Gasteiger partial charge in [-0.3, -0.25) is 4.79 Å². The minimum atomic E-state index is -3.92. The Morgan fingerprint density at radius 1 is 1.16 bits per heavy atom. The molecule has 2 aliphatic carbocycles. The largest absolute Gasteiger partial charge is 0.490 e. The van der Waals surface area contributed by atoms with E-state index < -0.39 is 21.2 Å². The molecule has 2 aromatic rings. The Hall–Kier alpha value is -2.55. The maximum Gasteiger partial charge on any atom is 0.264 e. The van der Waals surface area contributed by atoms with Crippen molar-refractivity contribution in [3.63, 3.8) is 0 Å². The van der Waals surface area contributed by atoms with Crippen LogP contribution in [-0.4, -0.2) is 51.0 Å². The van der Waals surface area contributed by atoms with Crippen LogP contribution in [0.15, 0.2) is 48.6 Å². The van der Waals surface area contributed by atoms with Crippen LogP contribution >= 0.6 is 11.6 Å². The summed E-state index contributed by atoms with van der Waals surface area (Å²) in [5.74, 6) is 0.508. The van der Waals surface area contributed by atoms with E-state index in [4.69, 9.17) is 16.3 Å².